The van der Waals surface area contributed by atoms with Gasteiger partial charge in [0.1, 0.15) is 5.69 Å². The zero-order valence-corrected chi connectivity index (χ0v) is 17.3. The molecule has 9 nitrogen and oxygen atoms in total. The molecule has 0 aliphatic rings. The highest BCUT2D eigenvalue weighted by molar-refractivity contribution is 5.98. The average Bonchev–Trinajstić information content (AvgIpc) is 3.40. The second-order valence-corrected chi connectivity index (χ2v) is 7.15. The van der Waals surface area contributed by atoms with E-state index in [0.29, 0.717) is 11.4 Å². The number of nitrogens with zero attached hydrogens (tertiary/aromatic N) is 4. The number of aryl methyl sites for hydroxylation is 3. The predicted octanol–water partition coefficient (Wildman–Crippen LogP) is 2.66. The Morgan fingerprint density at radius 3 is 2.39 bits per heavy atom. The summed E-state index contributed by atoms with van der Waals surface area (Å²) >= 11 is 0. The van der Waals surface area contributed by atoms with Gasteiger partial charge in [-0.25, -0.2) is 0 Å². The van der Waals surface area contributed by atoms with Crippen LogP contribution in [0.25, 0.3) is 16.9 Å². The summed E-state index contributed by atoms with van der Waals surface area (Å²) in [6, 6.07) is 16.9. The van der Waals surface area contributed by atoms with Crippen molar-refractivity contribution in [2.75, 3.05) is 0 Å². The molecule has 31 heavy (non-hydrogen) atoms. The number of aromatic nitrogens is 5. The van der Waals surface area contributed by atoms with E-state index >= 15 is 0 Å². The normalized spacial score (nSPS) is 10.7. The lowest BCUT2D eigenvalue weighted by Gasteiger charge is -2.05. The van der Waals surface area contributed by atoms with Crippen LogP contribution in [0.5, 0.6) is 0 Å². The van der Waals surface area contributed by atoms with E-state index < -0.39 is 11.8 Å². The monoisotopic (exact) mass is 415 g/mol. The van der Waals surface area contributed by atoms with Crippen LogP contribution in [-0.4, -0.2) is 37.0 Å². The predicted molar refractivity (Wildman–Crippen MR) is 115 cm³/mol. The molecule has 0 aliphatic heterocycles. The van der Waals surface area contributed by atoms with Gasteiger partial charge in [0.2, 0.25) is 0 Å². The maximum absolute atomic E-state index is 12.5. The number of carbonyl (C=O) groups is 2. The molecule has 0 atom stereocenters. The third-order valence-corrected chi connectivity index (χ3v) is 4.75. The molecule has 9 heteroatoms. The number of aromatic amines is 1. The summed E-state index contributed by atoms with van der Waals surface area (Å²) < 4.78 is 0. The number of hydrogen-bond donors (Lipinski definition) is 3. The maximum atomic E-state index is 12.5. The second kappa shape index (κ2) is 8.23. The molecule has 0 radical (unpaired) electrons. The van der Waals surface area contributed by atoms with E-state index in [2.05, 4.69) is 31.2 Å². The van der Waals surface area contributed by atoms with E-state index in [9.17, 15) is 9.59 Å². The molecule has 2 aromatic heterocycles. The lowest BCUT2D eigenvalue weighted by molar-refractivity contribution is 0.0840. The third-order valence-electron chi connectivity index (χ3n) is 4.75. The molecule has 0 bridgehead atoms. The quantitative estimate of drug-likeness (QED) is 0.443. The van der Waals surface area contributed by atoms with Crippen LogP contribution in [0.2, 0.25) is 0 Å². The minimum atomic E-state index is -0.565. The Morgan fingerprint density at radius 1 is 0.903 bits per heavy atom. The zero-order valence-electron chi connectivity index (χ0n) is 17.3. The van der Waals surface area contributed by atoms with Crippen LogP contribution in [0.15, 0.2) is 54.6 Å². The Kier molecular flexibility index (Phi) is 5.31. The molecule has 0 unspecified atom stereocenters. The van der Waals surface area contributed by atoms with Crippen LogP contribution in [0.3, 0.4) is 0 Å². The van der Waals surface area contributed by atoms with Gasteiger partial charge in [-0.3, -0.25) is 25.5 Å². The second-order valence-electron chi connectivity index (χ2n) is 7.15. The van der Waals surface area contributed by atoms with Crippen molar-refractivity contribution in [3.05, 3.63) is 82.8 Å². The van der Waals surface area contributed by atoms with Gasteiger partial charge in [0.25, 0.3) is 11.8 Å². The first-order valence-corrected chi connectivity index (χ1v) is 9.65. The van der Waals surface area contributed by atoms with E-state index in [1.807, 2.05) is 62.4 Å². The number of amides is 2. The van der Waals surface area contributed by atoms with Gasteiger partial charge in [-0.05, 0) is 38.5 Å². The molecule has 4 rings (SSSR count). The first-order chi connectivity index (χ1) is 14.9. The summed E-state index contributed by atoms with van der Waals surface area (Å²) in [4.78, 5) is 26.3. The number of H-pyrrole nitrogens is 1. The Balaban J connectivity index is 1.44. The van der Waals surface area contributed by atoms with Crippen LogP contribution in [-0.2, 0) is 0 Å². The number of benzene rings is 2. The van der Waals surface area contributed by atoms with Crippen molar-refractivity contribution in [2.24, 2.45) is 0 Å². The molecule has 0 saturated carbocycles. The van der Waals surface area contributed by atoms with Crippen molar-refractivity contribution in [3.8, 4) is 16.9 Å². The fourth-order valence-corrected chi connectivity index (χ4v) is 3.16. The van der Waals surface area contributed by atoms with E-state index in [-0.39, 0.29) is 11.4 Å². The summed E-state index contributed by atoms with van der Waals surface area (Å²) in [5, 5.41) is 15.4. The van der Waals surface area contributed by atoms with E-state index in [1.54, 1.807) is 13.0 Å². The highest BCUT2D eigenvalue weighted by Crippen LogP contribution is 2.17. The van der Waals surface area contributed by atoms with Gasteiger partial charge < -0.3 is 0 Å². The highest BCUT2D eigenvalue weighted by Gasteiger charge is 2.19. The van der Waals surface area contributed by atoms with E-state index in [4.69, 9.17) is 0 Å². The Morgan fingerprint density at radius 2 is 1.65 bits per heavy atom. The van der Waals surface area contributed by atoms with Gasteiger partial charge in [0.15, 0.2) is 5.69 Å². The van der Waals surface area contributed by atoms with Crippen molar-refractivity contribution in [3.63, 3.8) is 0 Å². The average molecular weight is 415 g/mol. The van der Waals surface area contributed by atoms with Gasteiger partial charge in [-0.2, -0.15) is 15.0 Å². The van der Waals surface area contributed by atoms with Crippen molar-refractivity contribution in [2.45, 2.75) is 20.8 Å². The summed E-state index contributed by atoms with van der Waals surface area (Å²) in [7, 11) is 0. The molecule has 3 N–H and O–H groups in total. The van der Waals surface area contributed by atoms with Crippen LogP contribution < -0.4 is 10.9 Å². The van der Waals surface area contributed by atoms with Crippen molar-refractivity contribution >= 4 is 11.8 Å². The van der Waals surface area contributed by atoms with E-state index in [0.717, 1.165) is 22.4 Å². The molecule has 0 fully saturated rings. The third kappa shape index (κ3) is 4.20. The fourth-order valence-electron chi connectivity index (χ4n) is 3.16. The number of nitrogens with one attached hydrogen (secondary N) is 3. The molecule has 2 amide bonds. The smallest absolute Gasteiger partial charge is 0.272 e. The highest BCUT2D eigenvalue weighted by atomic mass is 16.2. The van der Waals surface area contributed by atoms with Gasteiger partial charge in [-0.1, -0.05) is 48.0 Å². The lowest BCUT2D eigenvalue weighted by atomic mass is 10.1. The SMILES string of the molecule is Cc1ccc(-n2nc(C)c(C(=O)NNC(=O)c3cc(-c4ccccc4)n[nH]3)n2)c(C)c1. The summed E-state index contributed by atoms with van der Waals surface area (Å²) in [6.07, 6.45) is 0. The van der Waals surface area contributed by atoms with Crippen LogP contribution in [0.4, 0.5) is 0 Å². The molecule has 4 aromatic rings. The lowest BCUT2D eigenvalue weighted by Crippen LogP contribution is -2.42. The van der Waals surface area contributed by atoms with Crippen LogP contribution >= 0.6 is 0 Å². The first kappa shape index (κ1) is 20.0. The maximum Gasteiger partial charge on any atom is 0.292 e. The minimum absolute atomic E-state index is 0.120. The topological polar surface area (TPSA) is 118 Å². The first-order valence-electron chi connectivity index (χ1n) is 9.65. The van der Waals surface area contributed by atoms with Gasteiger partial charge >= 0.3 is 0 Å². The molecule has 0 spiro atoms. The number of carbonyl (C=O) groups excluding carboxylic acids is 2. The summed E-state index contributed by atoms with van der Waals surface area (Å²) in [5.41, 5.74) is 9.92. The van der Waals surface area contributed by atoms with Crippen LogP contribution in [0.1, 0.15) is 37.8 Å². The summed E-state index contributed by atoms with van der Waals surface area (Å²) in [6.45, 7) is 5.64. The van der Waals surface area contributed by atoms with Gasteiger partial charge in [0.05, 0.1) is 17.1 Å². The number of hydrogen-bond acceptors (Lipinski definition) is 5. The minimum Gasteiger partial charge on any atom is -0.272 e. The van der Waals surface area contributed by atoms with E-state index in [1.165, 1.54) is 4.80 Å². The van der Waals surface area contributed by atoms with Crippen molar-refractivity contribution in [1.29, 1.82) is 0 Å². The molecule has 0 aliphatic carbocycles. The molecule has 156 valence electrons. The largest absolute Gasteiger partial charge is 0.292 e. The number of rotatable bonds is 4. The molecule has 0 saturated heterocycles. The van der Waals surface area contributed by atoms with Crippen molar-refractivity contribution in [1.82, 2.24) is 36.0 Å². The molecule has 2 heterocycles. The van der Waals surface area contributed by atoms with Gasteiger partial charge in [-0.15, -0.1) is 5.10 Å². The summed E-state index contributed by atoms with van der Waals surface area (Å²) in [5.74, 6) is -1.09. The Labute approximate surface area is 178 Å². The Hall–Kier alpha value is -4.27. The Bertz CT molecular complexity index is 1260. The fraction of sp³-hybridized carbons (Fsp3) is 0.136. The zero-order chi connectivity index (χ0) is 22.0. The van der Waals surface area contributed by atoms with Gasteiger partial charge in [0, 0.05) is 5.56 Å². The number of hydrazine groups is 1. The molecule has 2 aromatic carbocycles. The molecular formula is C22H21N7O2. The van der Waals surface area contributed by atoms with Crippen molar-refractivity contribution < 1.29 is 9.59 Å². The molecular weight excluding hydrogens is 394 g/mol. The van der Waals surface area contributed by atoms with Crippen LogP contribution in [0, 0.1) is 20.8 Å². The standard InChI is InChI=1S/C22H21N7O2/c1-13-9-10-19(14(2)11-13)29-27-15(3)20(28-29)22(31)26-25-21(30)18-12-17(23-24-18)16-7-5-4-6-8-16/h4-12H,1-3H3,(H,23,24)(H,25,30)(H,26,31).